The molecule has 7 heteroatoms. The van der Waals surface area contributed by atoms with Crippen LogP contribution in [0.25, 0.3) is 0 Å². The smallest absolute Gasteiger partial charge is 0.258 e. The molecule has 35 heavy (non-hydrogen) atoms. The molecule has 0 saturated heterocycles. The van der Waals surface area contributed by atoms with Crippen LogP contribution in [0.3, 0.4) is 0 Å². The second-order valence-corrected chi connectivity index (χ2v) is 8.22. The summed E-state index contributed by atoms with van der Waals surface area (Å²) in [5.41, 5.74) is 4.57. The molecule has 7 nitrogen and oxygen atoms in total. The molecule has 0 atom stereocenters. The molecule has 1 aromatic heterocycles. The Kier molecular flexibility index (Phi) is 6.57. The first-order valence-corrected chi connectivity index (χ1v) is 11.5. The topological polar surface area (TPSA) is 76.6 Å². The monoisotopic (exact) mass is 466 g/mol. The molecule has 2 heterocycles. The van der Waals surface area contributed by atoms with Gasteiger partial charge in [-0.1, -0.05) is 60.7 Å². The lowest BCUT2D eigenvalue weighted by atomic mass is 10.2. The summed E-state index contributed by atoms with van der Waals surface area (Å²) < 4.78 is 11.3. The standard InChI is InChI=1S/C28H26N4O3/c1-34-23-13-11-21(12-14-23)19-35-27-24(26(33)29-17-20-7-3-2-4-8-20)18-30-28(31-27)32-16-15-22-9-5-6-10-25(22)32/h2-14,18H,15-17,19H2,1H3,(H,29,33). The zero-order valence-corrected chi connectivity index (χ0v) is 19.5. The molecule has 0 radical (unpaired) electrons. The number of ether oxygens (including phenoxy) is 2. The number of methoxy groups -OCH3 is 1. The van der Waals surface area contributed by atoms with E-state index >= 15 is 0 Å². The number of aromatic nitrogens is 2. The fourth-order valence-corrected chi connectivity index (χ4v) is 4.05. The molecular formula is C28H26N4O3. The van der Waals surface area contributed by atoms with Gasteiger partial charge in [0.25, 0.3) is 5.91 Å². The second-order valence-electron chi connectivity index (χ2n) is 8.22. The Hall–Kier alpha value is -4.39. The molecule has 1 amide bonds. The number of amides is 1. The summed E-state index contributed by atoms with van der Waals surface area (Å²) in [6.45, 7) is 1.44. The van der Waals surface area contributed by atoms with Crippen molar-refractivity contribution < 1.29 is 14.3 Å². The van der Waals surface area contributed by atoms with Crippen molar-refractivity contribution in [1.29, 1.82) is 0 Å². The average Bonchev–Trinajstić information content (AvgIpc) is 3.35. The molecule has 0 unspecified atom stereocenters. The summed E-state index contributed by atoms with van der Waals surface area (Å²) in [7, 11) is 1.63. The van der Waals surface area contributed by atoms with Gasteiger partial charge in [0.2, 0.25) is 11.8 Å². The predicted octanol–water partition coefficient (Wildman–Crippen LogP) is 4.69. The van der Waals surface area contributed by atoms with Crippen LogP contribution in [0.2, 0.25) is 0 Å². The molecule has 4 aromatic rings. The van der Waals surface area contributed by atoms with Gasteiger partial charge >= 0.3 is 0 Å². The van der Waals surface area contributed by atoms with Gasteiger partial charge in [0.05, 0.1) is 7.11 Å². The van der Waals surface area contributed by atoms with Crippen LogP contribution in [0, 0.1) is 0 Å². The van der Waals surface area contributed by atoms with Gasteiger partial charge in [-0.2, -0.15) is 4.98 Å². The van der Waals surface area contributed by atoms with Crippen molar-refractivity contribution in [1.82, 2.24) is 15.3 Å². The maximum Gasteiger partial charge on any atom is 0.258 e. The average molecular weight is 467 g/mol. The largest absolute Gasteiger partial charge is 0.497 e. The van der Waals surface area contributed by atoms with Gasteiger partial charge in [0.1, 0.15) is 17.9 Å². The van der Waals surface area contributed by atoms with Crippen molar-refractivity contribution in [3.63, 3.8) is 0 Å². The third-order valence-electron chi connectivity index (χ3n) is 5.94. The van der Waals surface area contributed by atoms with Gasteiger partial charge in [0, 0.05) is 25.0 Å². The summed E-state index contributed by atoms with van der Waals surface area (Å²) in [5.74, 6) is 1.25. The normalized spacial score (nSPS) is 12.2. The fraction of sp³-hybridized carbons (Fsp3) is 0.179. The minimum atomic E-state index is -0.285. The van der Waals surface area contributed by atoms with Crippen LogP contribution >= 0.6 is 0 Å². The molecule has 3 aromatic carbocycles. The molecule has 1 aliphatic rings. The number of para-hydroxylation sites is 1. The lowest BCUT2D eigenvalue weighted by molar-refractivity contribution is 0.0945. The molecule has 0 fully saturated rings. The van der Waals surface area contributed by atoms with Gasteiger partial charge in [-0.3, -0.25) is 4.79 Å². The van der Waals surface area contributed by atoms with E-state index in [2.05, 4.69) is 32.3 Å². The summed E-state index contributed by atoms with van der Waals surface area (Å²) in [5, 5.41) is 2.94. The molecular weight excluding hydrogens is 440 g/mol. The van der Waals surface area contributed by atoms with Gasteiger partial charge < -0.3 is 19.7 Å². The predicted molar refractivity (Wildman–Crippen MR) is 134 cm³/mol. The van der Waals surface area contributed by atoms with E-state index in [4.69, 9.17) is 9.47 Å². The SMILES string of the molecule is COc1ccc(COc2nc(N3CCc4ccccc43)ncc2C(=O)NCc2ccccc2)cc1. The summed E-state index contributed by atoms with van der Waals surface area (Å²) in [6, 6.07) is 25.6. The van der Waals surface area contributed by atoms with Crippen LogP contribution in [-0.4, -0.2) is 29.5 Å². The quantitative estimate of drug-likeness (QED) is 0.406. The number of rotatable bonds is 8. The van der Waals surface area contributed by atoms with Crippen LogP contribution in [0.5, 0.6) is 11.6 Å². The number of hydrogen-bond donors (Lipinski definition) is 1. The Morgan fingerprint density at radius 2 is 1.74 bits per heavy atom. The Morgan fingerprint density at radius 3 is 2.54 bits per heavy atom. The number of nitrogens with one attached hydrogen (secondary N) is 1. The van der Waals surface area contributed by atoms with Crippen molar-refractivity contribution in [3.8, 4) is 11.6 Å². The summed E-state index contributed by atoms with van der Waals surface area (Å²) in [6.07, 6.45) is 2.47. The van der Waals surface area contributed by atoms with Gasteiger partial charge in [-0.25, -0.2) is 4.98 Å². The lowest BCUT2D eigenvalue weighted by Gasteiger charge is -2.19. The minimum absolute atomic E-state index is 0.251. The molecule has 1 N–H and O–H groups in total. The van der Waals surface area contributed by atoms with E-state index in [0.29, 0.717) is 18.1 Å². The van der Waals surface area contributed by atoms with E-state index in [9.17, 15) is 4.79 Å². The number of benzene rings is 3. The first kappa shape index (κ1) is 22.4. The molecule has 0 saturated carbocycles. The van der Waals surface area contributed by atoms with Crippen LogP contribution in [0.4, 0.5) is 11.6 Å². The van der Waals surface area contributed by atoms with E-state index < -0.39 is 0 Å². The van der Waals surface area contributed by atoms with Crippen LogP contribution in [0.15, 0.2) is 85.1 Å². The number of nitrogens with zero attached hydrogens (tertiary/aromatic N) is 3. The highest BCUT2D eigenvalue weighted by atomic mass is 16.5. The van der Waals surface area contributed by atoms with Gasteiger partial charge in [-0.15, -0.1) is 0 Å². The Bertz CT molecular complexity index is 1310. The summed E-state index contributed by atoms with van der Waals surface area (Å²) >= 11 is 0. The first-order valence-electron chi connectivity index (χ1n) is 11.5. The molecule has 0 aliphatic carbocycles. The van der Waals surface area contributed by atoms with Crippen molar-refractivity contribution >= 4 is 17.5 Å². The molecule has 5 rings (SSSR count). The van der Waals surface area contributed by atoms with Gasteiger partial charge in [0.15, 0.2) is 0 Å². The number of carbonyl (C=O) groups is 1. The summed E-state index contributed by atoms with van der Waals surface area (Å²) in [4.78, 5) is 24.3. The van der Waals surface area contributed by atoms with Crippen molar-refractivity contribution in [2.45, 2.75) is 19.6 Å². The van der Waals surface area contributed by atoms with Crippen LogP contribution in [-0.2, 0) is 19.6 Å². The molecule has 176 valence electrons. The van der Waals surface area contributed by atoms with Crippen molar-refractivity contribution in [2.24, 2.45) is 0 Å². The van der Waals surface area contributed by atoms with E-state index in [1.54, 1.807) is 13.3 Å². The Labute approximate surface area is 204 Å². The highest BCUT2D eigenvalue weighted by Crippen LogP contribution is 2.33. The van der Waals surface area contributed by atoms with Crippen molar-refractivity contribution in [3.05, 3.63) is 107 Å². The fourth-order valence-electron chi connectivity index (χ4n) is 4.05. The van der Waals surface area contributed by atoms with Crippen molar-refractivity contribution in [2.75, 3.05) is 18.6 Å². The van der Waals surface area contributed by atoms with E-state index in [-0.39, 0.29) is 18.4 Å². The molecule has 0 spiro atoms. The first-order chi connectivity index (χ1) is 17.2. The highest BCUT2D eigenvalue weighted by Gasteiger charge is 2.24. The molecule has 0 bridgehead atoms. The van der Waals surface area contributed by atoms with Gasteiger partial charge in [-0.05, 0) is 41.3 Å². The van der Waals surface area contributed by atoms with Crippen LogP contribution < -0.4 is 19.7 Å². The third-order valence-corrected chi connectivity index (χ3v) is 5.94. The van der Waals surface area contributed by atoms with E-state index in [1.807, 2.05) is 66.7 Å². The Balaban J connectivity index is 1.40. The Morgan fingerprint density at radius 1 is 0.971 bits per heavy atom. The third kappa shape index (κ3) is 5.09. The highest BCUT2D eigenvalue weighted by molar-refractivity contribution is 5.96. The lowest BCUT2D eigenvalue weighted by Crippen LogP contribution is -2.25. The zero-order chi connectivity index (χ0) is 24.0. The maximum absolute atomic E-state index is 13.1. The minimum Gasteiger partial charge on any atom is -0.497 e. The number of anilines is 2. The second kappa shape index (κ2) is 10.3. The number of hydrogen-bond acceptors (Lipinski definition) is 6. The molecule has 1 aliphatic heterocycles. The number of fused-ring (bicyclic) bond motifs is 1. The maximum atomic E-state index is 13.1. The zero-order valence-electron chi connectivity index (χ0n) is 19.5. The van der Waals surface area contributed by atoms with Crippen LogP contribution in [0.1, 0.15) is 27.0 Å². The number of carbonyl (C=O) groups excluding carboxylic acids is 1. The van der Waals surface area contributed by atoms with E-state index in [0.717, 1.165) is 35.5 Å². The van der Waals surface area contributed by atoms with E-state index in [1.165, 1.54) is 5.56 Å².